The maximum atomic E-state index is 13.5. The lowest BCUT2D eigenvalue weighted by atomic mass is 10.2. The molecule has 6 nitrogen and oxygen atoms in total. The zero-order valence-corrected chi connectivity index (χ0v) is 11.9. The Morgan fingerprint density at radius 2 is 2.05 bits per heavy atom. The molecule has 0 bridgehead atoms. The summed E-state index contributed by atoms with van der Waals surface area (Å²) in [4.78, 5) is 12.9. The third-order valence-corrected chi connectivity index (χ3v) is 4.73. The lowest BCUT2D eigenvalue weighted by Crippen LogP contribution is -2.26. The molecule has 0 aliphatic rings. The van der Waals surface area contributed by atoms with E-state index in [1.807, 2.05) is 0 Å². The molecule has 112 valence electrons. The van der Waals surface area contributed by atoms with Crippen LogP contribution >= 0.6 is 0 Å². The van der Waals surface area contributed by atoms with E-state index < -0.39 is 21.8 Å². The zero-order valence-electron chi connectivity index (χ0n) is 11.1. The Balaban J connectivity index is 2.26. The van der Waals surface area contributed by atoms with Crippen LogP contribution in [0, 0.1) is 5.82 Å². The predicted molar refractivity (Wildman–Crippen MR) is 72.8 cm³/mol. The van der Waals surface area contributed by atoms with E-state index in [4.69, 9.17) is 5.11 Å². The van der Waals surface area contributed by atoms with Crippen molar-refractivity contribution >= 4 is 16.0 Å². The molecule has 0 saturated carbocycles. The summed E-state index contributed by atoms with van der Waals surface area (Å²) < 4.78 is 39.1. The molecule has 1 aromatic heterocycles. The number of halogens is 1. The van der Waals surface area contributed by atoms with Crippen molar-refractivity contribution in [3.05, 3.63) is 53.6 Å². The molecule has 0 atom stereocenters. The lowest BCUT2D eigenvalue weighted by Gasteiger charge is -2.16. The first-order valence-electron chi connectivity index (χ1n) is 5.94. The van der Waals surface area contributed by atoms with Crippen molar-refractivity contribution in [2.24, 2.45) is 0 Å². The highest BCUT2D eigenvalue weighted by Gasteiger charge is 2.24. The molecule has 0 aliphatic heterocycles. The SMILES string of the molecule is CN(Cc1ccccc1F)S(=O)(=O)c1c[nH]c(C(=O)O)c1. The first kappa shape index (κ1) is 15.2. The first-order chi connectivity index (χ1) is 9.82. The number of aromatic amines is 1. The molecule has 0 unspecified atom stereocenters. The number of carboxylic acids is 1. The number of aromatic carboxylic acids is 1. The van der Waals surface area contributed by atoms with Crippen molar-refractivity contribution in [3.63, 3.8) is 0 Å². The second-order valence-electron chi connectivity index (χ2n) is 4.41. The maximum Gasteiger partial charge on any atom is 0.352 e. The van der Waals surface area contributed by atoms with E-state index in [2.05, 4.69) is 4.98 Å². The maximum absolute atomic E-state index is 13.5. The second kappa shape index (κ2) is 5.66. The summed E-state index contributed by atoms with van der Waals surface area (Å²) in [5.74, 6) is -1.76. The van der Waals surface area contributed by atoms with Crippen molar-refractivity contribution in [3.8, 4) is 0 Å². The molecule has 0 saturated heterocycles. The number of nitrogens with one attached hydrogen (secondary N) is 1. The standard InChI is InChI=1S/C13H13FN2O4S/c1-16(8-9-4-2-3-5-11(9)14)21(19,20)10-6-12(13(17)18)15-7-10/h2-7,15H,8H2,1H3,(H,17,18). The number of carbonyl (C=O) groups is 1. The predicted octanol–water partition coefficient (Wildman–Crippen LogP) is 1.67. The Kier molecular flexibility index (Phi) is 4.10. The fourth-order valence-electron chi connectivity index (χ4n) is 1.78. The van der Waals surface area contributed by atoms with Crippen LogP contribution in [-0.2, 0) is 16.6 Å². The smallest absolute Gasteiger partial charge is 0.352 e. The van der Waals surface area contributed by atoms with Crippen molar-refractivity contribution in [1.29, 1.82) is 0 Å². The van der Waals surface area contributed by atoms with E-state index >= 15 is 0 Å². The quantitative estimate of drug-likeness (QED) is 0.878. The molecule has 0 fully saturated rings. The number of carboxylic acid groups (broad SMARTS) is 1. The van der Waals surface area contributed by atoms with Gasteiger partial charge in [-0.05, 0) is 12.1 Å². The second-order valence-corrected chi connectivity index (χ2v) is 6.45. The van der Waals surface area contributed by atoms with Gasteiger partial charge in [0.2, 0.25) is 10.0 Å². The fourth-order valence-corrected chi connectivity index (χ4v) is 2.92. The Morgan fingerprint density at radius 3 is 2.62 bits per heavy atom. The van der Waals surface area contributed by atoms with Crippen LogP contribution in [0.1, 0.15) is 16.1 Å². The highest BCUT2D eigenvalue weighted by molar-refractivity contribution is 7.89. The highest BCUT2D eigenvalue weighted by atomic mass is 32.2. The van der Waals surface area contributed by atoms with Crippen LogP contribution in [0.2, 0.25) is 0 Å². The van der Waals surface area contributed by atoms with E-state index in [0.717, 1.165) is 16.6 Å². The molecule has 0 spiro atoms. The molecule has 1 heterocycles. The number of hydrogen-bond acceptors (Lipinski definition) is 3. The number of aromatic nitrogens is 1. The van der Waals surface area contributed by atoms with Gasteiger partial charge in [-0.3, -0.25) is 0 Å². The Hall–Kier alpha value is -2.19. The Morgan fingerprint density at radius 1 is 1.38 bits per heavy atom. The monoisotopic (exact) mass is 312 g/mol. The van der Waals surface area contributed by atoms with Gasteiger partial charge in [0.25, 0.3) is 0 Å². The average Bonchev–Trinajstić information content (AvgIpc) is 2.91. The van der Waals surface area contributed by atoms with Crippen molar-refractivity contribution in [2.45, 2.75) is 11.4 Å². The van der Waals surface area contributed by atoms with Gasteiger partial charge in [-0.25, -0.2) is 17.6 Å². The summed E-state index contributed by atoms with van der Waals surface area (Å²) in [5, 5.41) is 8.78. The number of nitrogens with zero attached hydrogens (tertiary/aromatic N) is 1. The van der Waals surface area contributed by atoms with Crippen molar-refractivity contribution < 1.29 is 22.7 Å². The molecule has 2 N–H and O–H groups in total. The van der Waals surface area contributed by atoms with E-state index in [1.54, 1.807) is 6.07 Å². The summed E-state index contributed by atoms with van der Waals surface area (Å²) in [7, 11) is -2.59. The summed E-state index contributed by atoms with van der Waals surface area (Å²) in [6.07, 6.45) is 1.09. The molecule has 0 radical (unpaired) electrons. The van der Waals surface area contributed by atoms with Gasteiger partial charge in [0.05, 0.1) is 0 Å². The van der Waals surface area contributed by atoms with E-state index in [-0.39, 0.29) is 22.7 Å². The van der Waals surface area contributed by atoms with E-state index in [9.17, 15) is 17.6 Å². The van der Waals surface area contributed by atoms with Crippen molar-refractivity contribution in [1.82, 2.24) is 9.29 Å². The average molecular weight is 312 g/mol. The molecule has 21 heavy (non-hydrogen) atoms. The van der Waals surface area contributed by atoms with Crippen LogP contribution in [0.4, 0.5) is 4.39 Å². The van der Waals surface area contributed by atoms with Crippen LogP contribution in [0.15, 0.2) is 41.4 Å². The van der Waals surface area contributed by atoms with Gasteiger partial charge in [0, 0.05) is 25.4 Å². The summed E-state index contributed by atoms with van der Waals surface area (Å²) in [5.41, 5.74) is 0.00503. The van der Waals surface area contributed by atoms with Gasteiger partial charge in [-0.1, -0.05) is 18.2 Å². The molecule has 0 aliphatic carbocycles. The third-order valence-electron chi connectivity index (χ3n) is 2.95. The Bertz CT molecular complexity index is 770. The number of hydrogen-bond donors (Lipinski definition) is 2. The summed E-state index contributed by atoms with van der Waals surface area (Å²) in [6, 6.07) is 6.88. The fraction of sp³-hybridized carbons (Fsp3) is 0.154. The van der Waals surface area contributed by atoms with Crippen LogP contribution in [-0.4, -0.2) is 35.8 Å². The van der Waals surface area contributed by atoms with Gasteiger partial charge < -0.3 is 10.1 Å². The van der Waals surface area contributed by atoms with Gasteiger partial charge in [0.15, 0.2) is 0 Å². The minimum Gasteiger partial charge on any atom is -0.477 e. The molecule has 0 amide bonds. The number of sulfonamides is 1. The molecule has 8 heteroatoms. The van der Waals surface area contributed by atoms with Gasteiger partial charge in [-0.2, -0.15) is 4.31 Å². The molecule has 2 rings (SSSR count). The van der Waals surface area contributed by atoms with Crippen LogP contribution in [0.3, 0.4) is 0 Å². The van der Waals surface area contributed by atoms with Gasteiger partial charge >= 0.3 is 5.97 Å². The molecular formula is C13H13FN2O4S. The van der Waals surface area contributed by atoms with Crippen LogP contribution < -0.4 is 0 Å². The third kappa shape index (κ3) is 3.11. The Labute approximate surface area is 120 Å². The molecule has 1 aromatic carbocycles. The van der Waals surface area contributed by atoms with Gasteiger partial charge in [0.1, 0.15) is 16.4 Å². The van der Waals surface area contributed by atoms with Gasteiger partial charge in [-0.15, -0.1) is 0 Å². The molecule has 2 aromatic rings. The van der Waals surface area contributed by atoms with Crippen molar-refractivity contribution in [2.75, 3.05) is 7.05 Å². The van der Waals surface area contributed by atoms with Crippen LogP contribution in [0.25, 0.3) is 0 Å². The summed E-state index contributed by atoms with van der Waals surface area (Å²) >= 11 is 0. The zero-order chi connectivity index (χ0) is 15.6. The minimum absolute atomic E-state index is 0.150. The lowest BCUT2D eigenvalue weighted by molar-refractivity contribution is 0.0691. The normalized spacial score (nSPS) is 11.8. The van der Waals surface area contributed by atoms with Crippen LogP contribution in [0.5, 0.6) is 0 Å². The minimum atomic E-state index is -3.89. The van der Waals surface area contributed by atoms with E-state index in [0.29, 0.717) is 0 Å². The number of benzene rings is 1. The first-order valence-corrected chi connectivity index (χ1v) is 7.38. The molecular weight excluding hydrogens is 299 g/mol. The highest BCUT2D eigenvalue weighted by Crippen LogP contribution is 2.18. The number of H-pyrrole nitrogens is 1. The summed E-state index contributed by atoms with van der Waals surface area (Å²) in [6.45, 7) is -0.150. The topological polar surface area (TPSA) is 90.5 Å². The number of rotatable bonds is 5. The van der Waals surface area contributed by atoms with E-state index in [1.165, 1.54) is 25.2 Å². The largest absolute Gasteiger partial charge is 0.477 e.